The van der Waals surface area contributed by atoms with E-state index in [1.54, 1.807) is 7.11 Å². The topological polar surface area (TPSA) is 38.3 Å². The summed E-state index contributed by atoms with van der Waals surface area (Å²) in [5.41, 5.74) is 3.12. The van der Waals surface area contributed by atoms with Gasteiger partial charge in [0.25, 0.3) is 0 Å². The lowest BCUT2D eigenvalue weighted by molar-refractivity contribution is -0.116. The number of anilines is 1. The van der Waals surface area contributed by atoms with Gasteiger partial charge >= 0.3 is 0 Å². The molecular weight excluding hydrogens is 274 g/mol. The van der Waals surface area contributed by atoms with Crippen LogP contribution < -0.4 is 10.1 Å². The van der Waals surface area contributed by atoms with E-state index in [-0.39, 0.29) is 5.91 Å². The van der Waals surface area contributed by atoms with Crippen LogP contribution in [0.15, 0.2) is 48.5 Å². The second kappa shape index (κ2) is 7.64. The maximum Gasteiger partial charge on any atom is 0.224 e. The van der Waals surface area contributed by atoms with Crippen LogP contribution in [-0.4, -0.2) is 13.0 Å². The molecule has 2 rings (SSSR count). The molecule has 1 amide bonds. The summed E-state index contributed by atoms with van der Waals surface area (Å²) in [7, 11) is 1.65. The van der Waals surface area contributed by atoms with Gasteiger partial charge in [0, 0.05) is 12.1 Å². The second-order valence-electron chi connectivity index (χ2n) is 5.60. The molecule has 1 N–H and O–H groups in total. The summed E-state index contributed by atoms with van der Waals surface area (Å²) in [6, 6.07) is 15.8. The van der Waals surface area contributed by atoms with Crippen molar-refractivity contribution in [2.45, 2.75) is 32.6 Å². The number of aryl methyl sites for hydroxylation is 1. The van der Waals surface area contributed by atoms with E-state index < -0.39 is 0 Å². The molecule has 22 heavy (non-hydrogen) atoms. The van der Waals surface area contributed by atoms with Crippen LogP contribution in [0.5, 0.6) is 5.75 Å². The molecule has 0 aliphatic rings. The highest BCUT2D eigenvalue weighted by Crippen LogP contribution is 2.24. The minimum atomic E-state index is 0.0269. The number of carbonyl (C=O) groups excluding carboxylic acids is 1. The van der Waals surface area contributed by atoms with Crippen LogP contribution in [-0.2, 0) is 11.2 Å². The number of hydrogen-bond acceptors (Lipinski definition) is 2. The highest BCUT2D eigenvalue weighted by molar-refractivity contribution is 5.91. The van der Waals surface area contributed by atoms with Gasteiger partial charge in [0.15, 0.2) is 0 Å². The van der Waals surface area contributed by atoms with Crippen LogP contribution in [0.2, 0.25) is 0 Å². The molecule has 0 fully saturated rings. The van der Waals surface area contributed by atoms with Gasteiger partial charge in [-0.15, -0.1) is 0 Å². The third kappa shape index (κ3) is 4.10. The van der Waals surface area contributed by atoms with Crippen LogP contribution in [0.4, 0.5) is 5.69 Å². The van der Waals surface area contributed by atoms with E-state index >= 15 is 0 Å². The summed E-state index contributed by atoms with van der Waals surface area (Å²) in [5.74, 6) is 1.24. The molecule has 3 nitrogen and oxygen atoms in total. The normalized spacial score (nSPS) is 10.5. The number of carbonyl (C=O) groups is 1. The van der Waals surface area contributed by atoms with Crippen molar-refractivity contribution in [3.8, 4) is 5.75 Å². The largest absolute Gasteiger partial charge is 0.496 e. The van der Waals surface area contributed by atoms with Gasteiger partial charge in [-0.3, -0.25) is 4.79 Å². The highest BCUT2D eigenvalue weighted by Gasteiger charge is 2.10. The van der Waals surface area contributed by atoms with Crippen molar-refractivity contribution in [2.24, 2.45) is 0 Å². The Morgan fingerprint density at radius 2 is 1.77 bits per heavy atom. The maximum atomic E-state index is 12.2. The molecule has 2 aromatic carbocycles. The van der Waals surface area contributed by atoms with Crippen molar-refractivity contribution in [1.82, 2.24) is 0 Å². The Morgan fingerprint density at radius 1 is 1.09 bits per heavy atom. The van der Waals surface area contributed by atoms with E-state index in [0.29, 0.717) is 18.8 Å². The number of para-hydroxylation sites is 2. The van der Waals surface area contributed by atoms with E-state index in [9.17, 15) is 4.79 Å². The van der Waals surface area contributed by atoms with Crippen LogP contribution in [0.25, 0.3) is 0 Å². The molecule has 0 heterocycles. The van der Waals surface area contributed by atoms with Crippen molar-refractivity contribution >= 4 is 11.6 Å². The summed E-state index contributed by atoms with van der Waals surface area (Å²) in [6.07, 6.45) is 1.10. The van der Waals surface area contributed by atoms with Crippen LogP contribution >= 0.6 is 0 Å². The quantitative estimate of drug-likeness (QED) is 0.858. The Bertz CT molecular complexity index is 635. The fraction of sp³-hybridized carbons (Fsp3) is 0.316. The summed E-state index contributed by atoms with van der Waals surface area (Å²) < 4.78 is 5.31. The number of benzene rings is 2. The van der Waals surface area contributed by atoms with Crippen LogP contribution in [0, 0.1) is 0 Å². The van der Waals surface area contributed by atoms with Crippen molar-refractivity contribution in [2.75, 3.05) is 12.4 Å². The van der Waals surface area contributed by atoms with E-state index in [0.717, 1.165) is 22.6 Å². The van der Waals surface area contributed by atoms with Gasteiger partial charge in [-0.2, -0.15) is 0 Å². The first-order valence-electron chi connectivity index (χ1n) is 7.62. The minimum Gasteiger partial charge on any atom is -0.496 e. The van der Waals surface area contributed by atoms with E-state index in [4.69, 9.17) is 4.74 Å². The van der Waals surface area contributed by atoms with Crippen molar-refractivity contribution in [3.63, 3.8) is 0 Å². The lowest BCUT2D eigenvalue weighted by atomic mass is 10.0. The monoisotopic (exact) mass is 297 g/mol. The van der Waals surface area contributed by atoms with Gasteiger partial charge in [-0.05, 0) is 35.6 Å². The number of methoxy groups -OCH3 is 1. The summed E-state index contributed by atoms with van der Waals surface area (Å²) in [5, 5.41) is 3.02. The zero-order valence-electron chi connectivity index (χ0n) is 13.4. The van der Waals surface area contributed by atoms with Crippen LogP contribution in [0.3, 0.4) is 0 Å². The third-order valence-electron chi connectivity index (χ3n) is 3.67. The van der Waals surface area contributed by atoms with E-state index in [1.165, 1.54) is 0 Å². The minimum absolute atomic E-state index is 0.0269. The molecule has 0 saturated heterocycles. The lowest BCUT2D eigenvalue weighted by Gasteiger charge is -2.14. The zero-order chi connectivity index (χ0) is 15.9. The molecular formula is C19H23NO2. The van der Waals surface area contributed by atoms with Crippen LogP contribution in [0.1, 0.15) is 37.3 Å². The molecule has 2 aromatic rings. The molecule has 0 saturated carbocycles. The van der Waals surface area contributed by atoms with Gasteiger partial charge < -0.3 is 10.1 Å². The summed E-state index contributed by atoms with van der Waals surface area (Å²) in [4.78, 5) is 12.2. The Hall–Kier alpha value is -2.29. The van der Waals surface area contributed by atoms with Crippen molar-refractivity contribution in [1.29, 1.82) is 0 Å². The second-order valence-corrected chi connectivity index (χ2v) is 5.60. The smallest absolute Gasteiger partial charge is 0.224 e. The molecule has 0 aliphatic carbocycles. The number of hydrogen-bond donors (Lipinski definition) is 1. The van der Waals surface area contributed by atoms with E-state index in [1.807, 2.05) is 42.5 Å². The first-order chi connectivity index (χ1) is 10.6. The van der Waals surface area contributed by atoms with Gasteiger partial charge in [-0.1, -0.05) is 50.2 Å². The molecule has 0 aromatic heterocycles. The molecule has 0 bridgehead atoms. The number of rotatable bonds is 6. The average molecular weight is 297 g/mol. The Kier molecular flexibility index (Phi) is 5.59. The van der Waals surface area contributed by atoms with Gasteiger partial charge in [0.1, 0.15) is 5.75 Å². The predicted molar refractivity (Wildman–Crippen MR) is 90.5 cm³/mol. The standard InChI is InChI=1S/C19H23NO2/c1-14(2)16-9-5-6-10-17(16)20-19(21)13-12-15-8-4-7-11-18(15)22-3/h4-11,14H,12-13H2,1-3H3,(H,20,21). The molecule has 0 spiro atoms. The lowest BCUT2D eigenvalue weighted by Crippen LogP contribution is -2.14. The first kappa shape index (κ1) is 16.1. The molecule has 0 atom stereocenters. The maximum absolute atomic E-state index is 12.2. The van der Waals surface area contributed by atoms with E-state index in [2.05, 4.69) is 25.2 Å². The average Bonchev–Trinajstić information content (AvgIpc) is 2.53. The number of ether oxygens (including phenoxy) is 1. The Balaban J connectivity index is 1.99. The van der Waals surface area contributed by atoms with Gasteiger partial charge in [0.2, 0.25) is 5.91 Å². The van der Waals surface area contributed by atoms with Gasteiger partial charge in [0.05, 0.1) is 7.11 Å². The Morgan fingerprint density at radius 3 is 2.50 bits per heavy atom. The summed E-state index contributed by atoms with van der Waals surface area (Å²) in [6.45, 7) is 4.25. The van der Waals surface area contributed by atoms with Gasteiger partial charge in [-0.25, -0.2) is 0 Å². The predicted octanol–water partition coefficient (Wildman–Crippen LogP) is 4.39. The first-order valence-corrected chi connectivity index (χ1v) is 7.62. The SMILES string of the molecule is COc1ccccc1CCC(=O)Nc1ccccc1C(C)C. The molecule has 116 valence electrons. The molecule has 0 radical (unpaired) electrons. The molecule has 3 heteroatoms. The Labute approximate surface area is 132 Å². The third-order valence-corrected chi connectivity index (χ3v) is 3.67. The fourth-order valence-electron chi connectivity index (χ4n) is 2.48. The number of nitrogens with one attached hydrogen (secondary N) is 1. The molecule has 0 aliphatic heterocycles. The number of amides is 1. The molecule has 0 unspecified atom stereocenters. The zero-order valence-corrected chi connectivity index (χ0v) is 13.4. The van der Waals surface area contributed by atoms with Crippen molar-refractivity contribution in [3.05, 3.63) is 59.7 Å². The highest BCUT2D eigenvalue weighted by atomic mass is 16.5. The fourth-order valence-corrected chi connectivity index (χ4v) is 2.48. The van der Waals surface area contributed by atoms with Crippen molar-refractivity contribution < 1.29 is 9.53 Å². The summed E-state index contributed by atoms with van der Waals surface area (Å²) >= 11 is 0.